The summed E-state index contributed by atoms with van der Waals surface area (Å²) in [6.45, 7) is -0.438. The molecule has 1 amide bonds. The SMILES string of the molecule is O=C(COC(=O)c1sc2cc(F)ccc2c1Cl)Nc1ccccc1. The molecule has 1 heterocycles. The summed E-state index contributed by atoms with van der Waals surface area (Å²) in [5.74, 6) is -1.59. The molecule has 7 heteroatoms. The Balaban J connectivity index is 1.67. The molecular formula is C17H11ClFNO3S. The van der Waals surface area contributed by atoms with E-state index in [2.05, 4.69) is 5.32 Å². The summed E-state index contributed by atoms with van der Waals surface area (Å²) in [5, 5.41) is 3.37. The topological polar surface area (TPSA) is 55.4 Å². The standard InChI is InChI=1S/C17H11ClFNO3S/c18-15-12-7-6-10(19)8-13(12)24-16(15)17(22)23-9-14(21)20-11-4-2-1-3-5-11/h1-8H,9H2,(H,20,21). The van der Waals surface area contributed by atoms with Crippen LogP contribution < -0.4 is 5.32 Å². The predicted molar refractivity (Wildman–Crippen MR) is 92.1 cm³/mol. The number of fused-ring (bicyclic) bond motifs is 1. The zero-order valence-corrected chi connectivity index (χ0v) is 13.8. The van der Waals surface area contributed by atoms with Gasteiger partial charge in [0.1, 0.15) is 10.7 Å². The van der Waals surface area contributed by atoms with Gasteiger partial charge >= 0.3 is 5.97 Å². The minimum Gasteiger partial charge on any atom is -0.451 e. The number of carbonyl (C=O) groups is 2. The second-order valence-electron chi connectivity index (χ2n) is 4.88. The lowest BCUT2D eigenvalue weighted by atomic mass is 10.2. The molecule has 1 aromatic heterocycles. The lowest BCUT2D eigenvalue weighted by Gasteiger charge is -2.05. The fourth-order valence-corrected chi connectivity index (χ4v) is 3.51. The van der Waals surface area contributed by atoms with Crippen LogP contribution in [0.25, 0.3) is 10.1 Å². The van der Waals surface area contributed by atoms with Gasteiger partial charge in [-0.2, -0.15) is 0 Å². The highest BCUT2D eigenvalue weighted by atomic mass is 35.5. The monoisotopic (exact) mass is 363 g/mol. The first kappa shape index (κ1) is 16.4. The first-order valence-electron chi connectivity index (χ1n) is 6.94. The molecule has 24 heavy (non-hydrogen) atoms. The van der Waals surface area contributed by atoms with E-state index in [1.165, 1.54) is 18.2 Å². The van der Waals surface area contributed by atoms with Gasteiger partial charge < -0.3 is 10.1 Å². The van der Waals surface area contributed by atoms with Crippen molar-refractivity contribution in [3.05, 3.63) is 64.2 Å². The number of hydrogen-bond acceptors (Lipinski definition) is 4. The lowest BCUT2D eigenvalue weighted by Crippen LogP contribution is -2.20. The number of rotatable bonds is 4. The minimum atomic E-state index is -0.718. The summed E-state index contributed by atoms with van der Waals surface area (Å²) < 4.78 is 18.8. The molecule has 3 rings (SSSR count). The van der Waals surface area contributed by atoms with Gasteiger partial charge in [-0.3, -0.25) is 4.79 Å². The second kappa shape index (κ2) is 6.98. The zero-order valence-electron chi connectivity index (χ0n) is 12.2. The summed E-state index contributed by atoms with van der Waals surface area (Å²) in [6, 6.07) is 12.9. The maximum absolute atomic E-state index is 13.2. The van der Waals surface area contributed by atoms with Crippen molar-refractivity contribution >= 4 is 50.6 Å². The third kappa shape index (κ3) is 3.55. The molecule has 3 aromatic rings. The normalized spacial score (nSPS) is 10.6. The Morgan fingerprint density at radius 3 is 2.67 bits per heavy atom. The average molecular weight is 364 g/mol. The zero-order chi connectivity index (χ0) is 17.1. The molecule has 0 unspecified atom stereocenters. The maximum Gasteiger partial charge on any atom is 0.350 e. The number of benzene rings is 2. The molecular weight excluding hydrogens is 353 g/mol. The first-order chi connectivity index (χ1) is 11.5. The quantitative estimate of drug-likeness (QED) is 0.695. The van der Waals surface area contributed by atoms with Crippen LogP contribution in [-0.4, -0.2) is 18.5 Å². The van der Waals surface area contributed by atoms with Gasteiger partial charge in [0.05, 0.1) is 5.02 Å². The van der Waals surface area contributed by atoms with Gasteiger partial charge in [-0.25, -0.2) is 9.18 Å². The van der Waals surface area contributed by atoms with Crippen LogP contribution in [0.1, 0.15) is 9.67 Å². The highest BCUT2D eigenvalue weighted by Crippen LogP contribution is 2.36. The molecule has 0 saturated carbocycles. The van der Waals surface area contributed by atoms with Gasteiger partial charge in [0.15, 0.2) is 6.61 Å². The van der Waals surface area contributed by atoms with Crippen LogP contribution in [0.4, 0.5) is 10.1 Å². The van der Waals surface area contributed by atoms with Crippen molar-refractivity contribution in [1.29, 1.82) is 0 Å². The van der Waals surface area contributed by atoms with Gasteiger partial charge in [-0.15, -0.1) is 11.3 Å². The number of para-hydroxylation sites is 1. The van der Waals surface area contributed by atoms with Gasteiger partial charge in [-0.1, -0.05) is 29.8 Å². The van der Waals surface area contributed by atoms with Crippen molar-refractivity contribution in [2.24, 2.45) is 0 Å². The van der Waals surface area contributed by atoms with E-state index in [4.69, 9.17) is 16.3 Å². The molecule has 0 saturated heterocycles. The van der Waals surface area contributed by atoms with Crippen LogP contribution in [0.15, 0.2) is 48.5 Å². The third-order valence-electron chi connectivity index (χ3n) is 3.17. The molecule has 0 aliphatic heterocycles. The maximum atomic E-state index is 13.2. The van der Waals surface area contributed by atoms with Crippen molar-refractivity contribution < 1.29 is 18.7 Å². The van der Waals surface area contributed by atoms with Crippen LogP contribution in [0.3, 0.4) is 0 Å². The van der Waals surface area contributed by atoms with E-state index in [0.717, 1.165) is 11.3 Å². The Bertz CT molecular complexity index is 911. The van der Waals surface area contributed by atoms with E-state index in [0.29, 0.717) is 15.8 Å². The predicted octanol–water partition coefficient (Wildman–Crippen LogP) is 4.49. The summed E-state index contributed by atoms with van der Waals surface area (Å²) >= 11 is 7.16. The van der Waals surface area contributed by atoms with Crippen molar-refractivity contribution in [1.82, 2.24) is 0 Å². The Morgan fingerprint density at radius 2 is 1.92 bits per heavy atom. The lowest BCUT2D eigenvalue weighted by molar-refractivity contribution is -0.119. The Labute approximate surface area is 145 Å². The molecule has 0 aliphatic carbocycles. The Kier molecular flexibility index (Phi) is 4.78. The summed E-state index contributed by atoms with van der Waals surface area (Å²) in [7, 11) is 0. The molecule has 0 fully saturated rings. The van der Waals surface area contributed by atoms with Crippen LogP contribution in [0, 0.1) is 5.82 Å². The van der Waals surface area contributed by atoms with Crippen LogP contribution in [-0.2, 0) is 9.53 Å². The fraction of sp³-hybridized carbons (Fsp3) is 0.0588. The highest BCUT2D eigenvalue weighted by molar-refractivity contribution is 7.21. The minimum absolute atomic E-state index is 0.143. The van der Waals surface area contributed by atoms with E-state index in [9.17, 15) is 14.0 Å². The number of nitrogens with one attached hydrogen (secondary N) is 1. The number of esters is 1. The Hall–Kier alpha value is -2.44. The van der Waals surface area contributed by atoms with Gasteiger partial charge in [0.25, 0.3) is 5.91 Å². The van der Waals surface area contributed by atoms with Crippen LogP contribution >= 0.6 is 22.9 Å². The molecule has 2 aromatic carbocycles. The van der Waals surface area contributed by atoms with E-state index in [-0.39, 0.29) is 9.90 Å². The summed E-state index contributed by atoms with van der Waals surface area (Å²) in [6.07, 6.45) is 0. The number of anilines is 1. The molecule has 1 N–H and O–H groups in total. The molecule has 0 radical (unpaired) electrons. The number of carbonyl (C=O) groups excluding carboxylic acids is 2. The van der Waals surface area contributed by atoms with Crippen LogP contribution in [0.5, 0.6) is 0 Å². The number of amides is 1. The second-order valence-corrected chi connectivity index (χ2v) is 6.31. The fourth-order valence-electron chi connectivity index (χ4n) is 2.09. The van der Waals surface area contributed by atoms with E-state index in [1.807, 2.05) is 6.07 Å². The number of ether oxygens (including phenoxy) is 1. The summed E-state index contributed by atoms with van der Waals surface area (Å²) in [5.41, 5.74) is 0.605. The molecule has 0 bridgehead atoms. The first-order valence-corrected chi connectivity index (χ1v) is 8.13. The van der Waals surface area contributed by atoms with Gasteiger partial charge in [0.2, 0.25) is 0 Å². The van der Waals surface area contributed by atoms with Crippen molar-refractivity contribution in [2.75, 3.05) is 11.9 Å². The van der Waals surface area contributed by atoms with Gasteiger partial charge in [-0.05, 0) is 30.3 Å². The molecule has 0 aliphatic rings. The van der Waals surface area contributed by atoms with Crippen molar-refractivity contribution in [3.63, 3.8) is 0 Å². The average Bonchev–Trinajstić information content (AvgIpc) is 2.90. The van der Waals surface area contributed by atoms with E-state index >= 15 is 0 Å². The summed E-state index contributed by atoms with van der Waals surface area (Å²) in [4.78, 5) is 24.0. The van der Waals surface area contributed by atoms with Crippen LogP contribution in [0.2, 0.25) is 5.02 Å². The Morgan fingerprint density at radius 1 is 1.17 bits per heavy atom. The largest absolute Gasteiger partial charge is 0.451 e. The third-order valence-corrected chi connectivity index (χ3v) is 4.81. The van der Waals surface area contributed by atoms with Crippen molar-refractivity contribution in [3.8, 4) is 0 Å². The molecule has 122 valence electrons. The van der Waals surface area contributed by atoms with Crippen molar-refractivity contribution in [2.45, 2.75) is 0 Å². The molecule has 4 nitrogen and oxygen atoms in total. The molecule has 0 spiro atoms. The number of halogens is 2. The van der Waals surface area contributed by atoms with E-state index < -0.39 is 24.3 Å². The molecule has 0 atom stereocenters. The number of thiophene rings is 1. The number of hydrogen-bond donors (Lipinski definition) is 1. The van der Waals surface area contributed by atoms with Gasteiger partial charge in [0, 0.05) is 15.8 Å². The van der Waals surface area contributed by atoms with E-state index in [1.54, 1.807) is 24.3 Å². The smallest absolute Gasteiger partial charge is 0.350 e. The highest BCUT2D eigenvalue weighted by Gasteiger charge is 2.19.